The zero-order valence-corrected chi connectivity index (χ0v) is 10.8. The molecule has 0 spiro atoms. The third-order valence-electron chi connectivity index (χ3n) is 2.36. The first-order chi connectivity index (χ1) is 8.38. The van der Waals surface area contributed by atoms with Crippen molar-refractivity contribution in [1.29, 1.82) is 0 Å². The molecule has 0 aromatic rings. The van der Waals surface area contributed by atoms with Crippen LogP contribution in [0.15, 0.2) is 0 Å². The van der Waals surface area contributed by atoms with Gasteiger partial charge in [0.2, 0.25) is 11.8 Å². The number of nitrogens with one attached hydrogen (secondary N) is 1. The molecule has 104 valence electrons. The van der Waals surface area contributed by atoms with Crippen LogP contribution in [0.25, 0.3) is 0 Å². The summed E-state index contributed by atoms with van der Waals surface area (Å²) in [6.07, 6.45) is 0.412. The summed E-state index contributed by atoms with van der Waals surface area (Å²) in [7, 11) is 0. The summed E-state index contributed by atoms with van der Waals surface area (Å²) < 4.78 is 0. The van der Waals surface area contributed by atoms with E-state index in [1.807, 2.05) is 13.8 Å². The van der Waals surface area contributed by atoms with Crippen molar-refractivity contribution in [2.75, 3.05) is 19.6 Å². The number of amides is 2. The van der Waals surface area contributed by atoms with Crippen molar-refractivity contribution in [1.82, 2.24) is 10.2 Å². The Morgan fingerprint density at radius 2 is 1.94 bits per heavy atom. The molecule has 0 saturated carbocycles. The lowest BCUT2D eigenvalue weighted by Crippen LogP contribution is -2.45. The highest BCUT2D eigenvalue weighted by atomic mass is 16.4. The third-order valence-corrected chi connectivity index (χ3v) is 2.36. The average Bonchev–Trinajstić information content (AvgIpc) is 2.30. The van der Waals surface area contributed by atoms with Crippen molar-refractivity contribution in [3.05, 3.63) is 0 Å². The van der Waals surface area contributed by atoms with Crippen molar-refractivity contribution >= 4 is 17.8 Å². The fourth-order valence-electron chi connectivity index (χ4n) is 1.42. The van der Waals surface area contributed by atoms with Gasteiger partial charge in [-0.25, -0.2) is 0 Å². The van der Waals surface area contributed by atoms with Crippen LogP contribution < -0.4 is 11.1 Å². The number of carboxylic acids is 1. The van der Waals surface area contributed by atoms with E-state index in [0.717, 1.165) is 0 Å². The second-order valence-electron chi connectivity index (χ2n) is 4.16. The van der Waals surface area contributed by atoms with Gasteiger partial charge in [-0.15, -0.1) is 0 Å². The maximum Gasteiger partial charge on any atom is 0.303 e. The van der Waals surface area contributed by atoms with Crippen molar-refractivity contribution in [3.63, 3.8) is 0 Å². The summed E-state index contributed by atoms with van der Waals surface area (Å²) >= 11 is 0. The van der Waals surface area contributed by atoms with Gasteiger partial charge in [0.15, 0.2) is 0 Å². The molecule has 0 fully saturated rings. The van der Waals surface area contributed by atoms with Crippen LogP contribution >= 0.6 is 0 Å². The number of hydrogen-bond acceptors (Lipinski definition) is 4. The van der Waals surface area contributed by atoms with E-state index in [0.29, 0.717) is 13.0 Å². The Balaban J connectivity index is 4.19. The van der Waals surface area contributed by atoms with Crippen molar-refractivity contribution < 1.29 is 19.5 Å². The molecule has 0 rings (SSSR count). The summed E-state index contributed by atoms with van der Waals surface area (Å²) in [5, 5.41) is 10.9. The lowest BCUT2D eigenvalue weighted by Gasteiger charge is -2.26. The zero-order chi connectivity index (χ0) is 14.1. The molecule has 0 heterocycles. The quantitative estimate of drug-likeness (QED) is 0.526. The molecule has 4 N–H and O–H groups in total. The lowest BCUT2D eigenvalue weighted by molar-refractivity contribution is -0.138. The van der Waals surface area contributed by atoms with Gasteiger partial charge in [-0.2, -0.15) is 0 Å². The molecule has 0 aliphatic rings. The van der Waals surface area contributed by atoms with E-state index in [-0.39, 0.29) is 31.5 Å². The minimum absolute atomic E-state index is 0.0195. The summed E-state index contributed by atoms with van der Waals surface area (Å²) in [4.78, 5) is 34.7. The zero-order valence-electron chi connectivity index (χ0n) is 10.8. The SMILES string of the molecule is CC(C)N(CCCC(=O)O)C(=O)CNC(=O)CN. The molecule has 0 atom stereocenters. The number of carboxylic acid groups (broad SMARTS) is 1. The molecule has 0 bridgehead atoms. The molecular formula is C11H21N3O4. The van der Waals surface area contributed by atoms with Crippen molar-refractivity contribution in [2.45, 2.75) is 32.7 Å². The second kappa shape index (κ2) is 8.46. The van der Waals surface area contributed by atoms with Gasteiger partial charge in [-0.1, -0.05) is 0 Å². The normalized spacial score (nSPS) is 10.2. The molecule has 18 heavy (non-hydrogen) atoms. The number of rotatable bonds is 8. The first-order valence-electron chi connectivity index (χ1n) is 5.86. The highest BCUT2D eigenvalue weighted by Crippen LogP contribution is 2.02. The monoisotopic (exact) mass is 259 g/mol. The molecule has 0 aliphatic carbocycles. The second-order valence-corrected chi connectivity index (χ2v) is 4.16. The van der Waals surface area contributed by atoms with Crippen LogP contribution in [-0.4, -0.2) is 53.5 Å². The average molecular weight is 259 g/mol. The molecule has 0 aromatic carbocycles. The Hall–Kier alpha value is -1.63. The molecule has 7 heteroatoms. The van der Waals surface area contributed by atoms with Gasteiger partial charge >= 0.3 is 5.97 Å². The first-order valence-corrected chi connectivity index (χ1v) is 5.86. The minimum atomic E-state index is -0.886. The Kier molecular flexibility index (Phi) is 7.69. The fourth-order valence-corrected chi connectivity index (χ4v) is 1.42. The van der Waals surface area contributed by atoms with E-state index in [9.17, 15) is 14.4 Å². The molecule has 0 aliphatic heterocycles. The number of nitrogens with zero attached hydrogens (tertiary/aromatic N) is 1. The van der Waals surface area contributed by atoms with E-state index in [1.165, 1.54) is 0 Å². The van der Waals surface area contributed by atoms with Gasteiger partial charge in [0, 0.05) is 19.0 Å². The third kappa shape index (κ3) is 6.85. The Morgan fingerprint density at radius 3 is 2.39 bits per heavy atom. The van der Waals surface area contributed by atoms with Gasteiger partial charge in [-0.3, -0.25) is 14.4 Å². The van der Waals surface area contributed by atoms with Gasteiger partial charge in [0.25, 0.3) is 0 Å². The van der Waals surface area contributed by atoms with Gasteiger partial charge in [-0.05, 0) is 20.3 Å². The van der Waals surface area contributed by atoms with Crippen LogP contribution in [0.1, 0.15) is 26.7 Å². The minimum Gasteiger partial charge on any atom is -0.481 e. The standard InChI is InChI=1S/C11H21N3O4/c1-8(2)14(5-3-4-11(17)18)10(16)7-13-9(15)6-12/h8H,3-7,12H2,1-2H3,(H,13,15)(H,17,18). The summed E-state index contributed by atoms with van der Waals surface area (Å²) in [5.74, 6) is -1.52. The van der Waals surface area contributed by atoms with E-state index in [4.69, 9.17) is 10.8 Å². The van der Waals surface area contributed by atoms with E-state index >= 15 is 0 Å². The van der Waals surface area contributed by atoms with E-state index in [1.54, 1.807) is 4.90 Å². The fraction of sp³-hybridized carbons (Fsp3) is 0.727. The van der Waals surface area contributed by atoms with Crippen LogP contribution in [-0.2, 0) is 14.4 Å². The topological polar surface area (TPSA) is 113 Å². The smallest absolute Gasteiger partial charge is 0.303 e. The number of carbonyl (C=O) groups excluding carboxylic acids is 2. The van der Waals surface area contributed by atoms with Crippen LogP contribution in [0.2, 0.25) is 0 Å². The largest absolute Gasteiger partial charge is 0.481 e. The van der Waals surface area contributed by atoms with Gasteiger partial charge in [0.05, 0.1) is 13.1 Å². The molecule has 7 nitrogen and oxygen atoms in total. The van der Waals surface area contributed by atoms with Crippen LogP contribution in [0.5, 0.6) is 0 Å². The van der Waals surface area contributed by atoms with Crippen LogP contribution in [0.4, 0.5) is 0 Å². The van der Waals surface area contributed by atoms with E-state index in [2.05, 4.69) is 5.32 Å². The van der Waals surface area contributed by atoms with E-state index < -0.39 is 11.9 Å². The Morgan fingerprint density at radius 1 is 1.33 bits per heavy atom. The highest BCUT2D eigenvalue weighted by Gasteiger charge is 2.17. The lowest BCUT2D eigenvalue weighted by atomic mass is 10.2. The number of hydrogen-bond donors (Lipinski definition) is 3. The summed E-state index contributed by atoms with van der Waals surface area (Å²) in [6.45, 7) is 3.77. The predicted octanol–water partition coefficient (Wildman–Crippen LogP) is -0.837. The van der Waals surface area contributed by atoms with Crippen LogP contribution in [0.3, 0.4) is 0 Å². The molecule has 0 aromatic heterocycles. The molecule has 2 amide bonds. The summed E-state index contributed by atoms with van der Waals surface area (Å²) in [6, 6.07) is -0.0407. The molecule has 0 unspecified atom stereocenters. The summed E-state index contributed by atoms with van der Waals surface area (Å²) in [5.41, 5.74) is 5.11. The number of nitrogens with two attached hydrogens (primary N) is 1. The Bertz CT molecular complexity index is 305. The maximum atomic E-state index is 11.8. The number of aliphatic carboxylic acids is 1. The first kappa shape index (κ1) is 16.4. The molecule has 0 radical (unpaired) electrons. The Labute approximate surface area is 106 Å². The van der Waals surface area contributed by atoms with Gasteiger partial charge < -0.3 is 21.1 Å². The maximum absolute atomic E-state index is 11.8. The van der Waals surface area contributed by atoms with Crippen LogP contribution in [0, 0.1) is 0 Å². The van der Waals surface area contributed by atoms with Crippen molar-refractivity contribution in [2.24, 2.45) is 5.73 Å². The highest BCUT2D eigenvalue weighted by molar-refractivity contribution is 5.85. The molecule has 0 saturated heterocycles. The predicted molar refractivity (Wildman–Crippen MR) is 65.8 cm³/mol. The number of carbonyl (C=O) groups is 3. The van der Waals surface area contributed by atoms with Gasteiger partial charge in [0.1, 0.15) is 0 Å². The van der Waals surface area contributed by atoms with Crippen molar-refractivity contribution in [3.8, 4) is 0 Å². The molecular weight excluding hydrogens is 238 g/mol.